The number of thiol groups is 2. The average Bonchev–Trinajstić information content (AvgIpc) is 2.36. The lowest BCUT2D eigenvalue weighted by Crippen LogP contribution is -2.23. The predicted molar refractivity (Wildman–Crippen MR) is 58.2 cm³/mol. The third-order valence-corrected chi connectivity index (χ3v) is 3.09. The van der Waals surface area contributed by atoms with Gasteiger partial charge in [0.15, 0.2) is 0 Å². The van der Waals surface area contributed by atoms with E-state index in [1.54, 1.807) is 6.20 Å². The van der Waals surface area contributed by atoms with E-state index in [0.29, 0.717) is 0 Å². The van der Waals surface area contributed by atoms with Gasteiger partial charge in [-0.25, -0.2) is 0 Å². The lowest BCUT2D eigenvalue weighted by molar-refractivity contribution is 0.644. The van der Waals surface area contributed by atoms with E-state index in [1.165, 1.54) is 5.69 Å². The predicted octanol–water partition coefficient (Wildman–Crippen LogP) is 1.58. The summed E-state index contributed by atoms with van der Waals surface area (Å²) in [5, 5.41) is 4.09. The lowest BCUT2D eigenvalue weighted by atomic mass is 10.1. The summed E-state index contributed by atoms with van der Waals surface area (Å²) in [6.07, 6.45) is 2.70. The van der Waals surface area contributed by atoms with Gasteiger partial charge in [-0.05, 0) is 13.0 Å². The Morgan fingerprint density at radius 1 is 1.67 bits per heavy atom. The smallest absolute Gasteiger partial charge is 0.0492 e. The molecule has 12 heavy (non-hydrogen) atoms. The highest BCUT2D eigenvalue weighted by molar-refractivity contribution is 7.85. The van der Waals surface area contributed by atoms with Crippen LogP contribution in [0, 0.1) is 0 Å². The van der Waals surface area contributed by atoms with Crippen LogP contribution in [0.25, 0.3) is 0 Å². The highest BCUT2D eigenvalue weighted by Crippen LogP contribution is 2.20. The molecule has 1 heterocycles. The first-order valence-electron chi connectivity index (χ1n) is 3.85. The summed E-state index contributed by atoms with van der Waals surface area (Å²) in [4.78, 5) is 0. The minimum Gasteiger partial charge on any atom is -0.273 e. The molecule has 0 fully saturated rings. The van der Waals surface area contributed by atoms with Gasteiger partial charge in [0, 0.05) is 35.9 Å². The molecule has 0 radical (unpaired) electrons. The first kappa shape index (κ1) is 9.99. The van der Waals surface area contributed by atoms with Gasteiger partial charge in [-0.3, -0.25) is 4.68 Å². The summed E-state index contributed by atoms with van der Waals surface area (Å²) in [5.74, 6) is 0.765. The summed E-state index contributed by atoms with van der Waals surface area (Å²) >= 11 is 8.74. The molecule has 0 saturated heterocycles. The molecule has 4 heteroatoms. The largest absolute Gasteiger partial charge is 0.273 e. The van der Waals surface area contributed by atoms with Crippen LogP contribution in [0.2, 0.25) is 0 Å². The molecule has 0 aliphatic heterocycles. The highest BCUT2D eigenvalue weighted by atomic mass is 32.1. The van der Waals surface area contributed by atoms with E-state index >= 15 is 0 Å². The van der Waals surface area contributed by atoms with Crippen LogP contribution in [-0.2, 0) is 13.5 Å². The van der Waals surface area contributed by atoms with Crippen LogP contribution in [0.1, 0.15) is 12.6 Å². The van der Waals surface area contributed by atoms with Gasteiger partial charge >= 0.3 is 0 Å². The Bertz CT molecular complexity index is 255. The summed E-state index contributed by atoms with van der Waals surface area (Å²) < 4.78 is 1.83. The molecule has 0 bridgehead atoms. The topological polar surface area (TPSA) is 17.8 Å². The molecule has 68 valence electrons. The van der Waals surface area contributed by atoms with Crippen LogP contribution in [0.3, 0.4) is 0 Å². The molecule has 0 aromatic carbocycles. The fourth-order valence-electron chi connectivity index (χ4n) is 1.02. The molecule has 0 saturated carbocycles. The van der Waals surface area contributed by atoms with Crippen molar-refractivity contribution in [3.05, 3.63) is 18.0 Å². The van der Waals surface area contributed by atoms with Crippen LogP contribution in [0.5, 0.6) is 0 Å². The normalized spacial score (nSPS) is 16.0. The zero-order valence-electron chi connectivity index (χ0n) is 7.36. The summed E-state index contributed by atoms with van der Waals surface area (Å²) in [6.45, 7) is 2.08. The average molecular weight is 202 g/mol. The number of aromatic nitrogens is 2. The maximum atomic E-state index is 4.50. The van der Waals surface area contributed by atoms with Crippen molar-refractivity contribution in [2.45, 2.75) is 18.1 Å². The van der Waals surface area contributed by atoms with Crippen molar-refractivity contribution >= 4 is 25.3 Å². The van der Waals surface area contributed by atoms with Gasteiger partial charge in [0.25, 0.3) is 0 Å². The van der Waals surface area contributed by atoms with E-state index in [0.717, 1.165) is 12.2 Å². The van der Waals surface area contributed by atoms with Gasteiger partial charge in [0.05, 0.1) is 0 Å². The SMILES string of the molecule is Cn1nccc1C[C@@](C)(S)CS. The van der Waals surface area contributed by atoms with E-state index < -0.39 is 0 Å². The van der Waals surface area contributed by atoms with Crippen molar-refractivity contribution in [2.24, 2.45) is 7.05 Å². The fraction of sp³-hybridized carbons (Fsp3) is 0.625. The maximum absolute atomic E-state index is 4.50. The molecule has 0 spiro atoms. The minimum absolute atomic E-state index is 0.0447. The molecule has 1 aromatic heterocycles. The molecule has 0 unspecified atom stereocenters. The number of hydrogen-bond donors (Lipinski definition) is 2. The van der Waals surface area contributed by atoms with Crippen LogP contribution >= 0.6 is 25.3 Å². The van der Waals surface area contributed by atoms with Crippen molar-refractivity contribution in [3.63, 3.8) is 0 Å². The van der Waals surface area contributed by atoms with E-state index in [-0.39, 0.29) is 4.75 Å². The zero-order chi connectivity index (χ0) is 9.19. The van der Waals surface area contributed by atoms with Crippen molar-refractivity contribution in [2.75, 3.05) is 5.75 Å². The Morgan fingerprint density at radius 3 is 2.75 bits per heavy atom. The molecule has 0 N–H and O–H groups in total. The number of rotatable bonds is 3. The molecular weight excluding hydrogens is 188 g/mol. The fourth-order valence-corrected chi connectivity index (χ4v) is 1.29. The Balaban J connectivity index is 2.70. The number of nitrogens with zero attached hydrogens (tertiary/aromatic N) is 2. The van der Waals surface area contributed by atoms with Crippen LogP contribution < -0.4 is 0 Å². The van der Waals surface area contributed by atoms with Crippen LogP contribution in [0.4, 0.5) is 0 Å². The van der Waals surface area contributed by atoms with Gasteiger partial charge in [-0.2, -0.15) is 30.4 Å². The zero-order valence-corrected chi connectivity index (χ0v) is 9.15. The molecule has 0 aliphatic rings. The van der Waals surface area contributed by atoms with Gasteiger partial charge in [0.1, 0.15) is 0 Å². The second-order valence-electron chi connectivity index (χ2n) is 3.28. The van der Waals surface area contributed by atoms with Gasteiger partial charge in [0.2, 0.25) is 0 Å². The van der Waals surface area contributed by atoms with E-state index in [4.69, 9.17) is 0 Å². The quantitative estimate of drug-likeness (QED) is 0.712. The maximum Gasteiger partial charge on any atom is 0.0492 e. The van der Waals surface area contributed by atoms with Gasteiger partial charge < -0.3 is 0 Å². The van der Waals surface area contributed by atoms with Gasteiger partial charge in [-0.15, -0.1) is 0 Å². The lowest BCUT2D eigenvalue weighted by Gasteiger charge is -2.20. The van der Waals surface area contributed by atoms with Crippen molar-refractivity contribution < 1.29 is 0 Å². The first-order valence-corrected chi connectivity index (χ1v) is 4.93. The van der Waals surface area contributed by atoms with E-state index in [1.807, 2.05) is 17.8 Å². The second kappa shape index (κ2) is 3.75. The van der Waals surface area contributed by atoms with Crippen molar-refractivity contribution in [1.82, 2.24) is 9.78 Å². The molecular formula is C8H14N2S2. The van der Waals surface area contributed by atoms with Crippen LogP contribution in [0.15, 0.2) is 12.3 Å². The molecule has 1 rings (SSSR count). The highest BCUT2D eigenvalue weighted by Gasteiger charge is 2.18. The molecule has 2 nitrogen and oxygen atoms in total. The Hall–Kier alpha value is -0.0900. The first-order chi connectivity index (χ1) is 5.55. The standard InChI is InChI=1S/C8H14N2S2/c1-8(12,6-11)5-7-3-4-9-10(7)2/h3-4,11-12H,5-6H2,1-2H3/t8-/m1/s1. The summed E-state index contributed by atoms with van der Waals surface area (Å²) in [5.41, 5.74) is 1.20. The summed E-state index contributed by atoms with van der Waals surface area (Å²) in [7, 11) is 1.94. The van der Waals surface area contributed by atoms with E-state index in [9.17, 15) is 0 Å². The number of hydrogen-bond acceptors (Lipinski definition) is 3. The monoisotopic (exact) mass is 202 g/mol. The van der Waals surface area contributed by atoms with Gasteiger partial charge in [-0.1, -0.05) is 0 Å². The second-order valence-corrected chi connectivity index (χ2v) is 4.67. The Labute approximate surface area is 84.2 Å². The third kappa shape index (κ3) is 2.45. The van der Waals surface area contributed by atoms with Crippen molar-refractivity contribution in [3.8, 4) is 0 Å². The van der Waals surface area contributed by atoms with E-state index in [2.05, 4.69) is 37.3 Å². The Morgan fingerprint density at radius 2 is 2.33 bits per heavy atom. The Kier molecular flexibility index (Phi) is 3.12. The molecule has 1 atom stereocenters. The summed E-state index contributed by atoms with van der Waals surface area (Å²) in [6, 6.07) is 2.01. The molecule has 0 amide bonds. The van der Waals surface area contributed by atoms with Crippen molar-refractivity contribution in [1.29, 1.82) is 0 Å². The molecule has 1 aromatic rings. The molecule has 0 aliphatic carbocycles. The number of aryl methyl sites for hydroxylation is 1. The third-order valence-electron chi connectivity index (χ3n) is 1.83. The minimum atomic E-state index is -0.0447. The van der Waals surface area contributed by atoms with Crippen LogP contribution in [-0.4, -0.2) is 20.3 Å².